The first-order chi connectivity index (χ1) is 9.46. The number of primary amides is 1. The summed E-state index contributed by atoms with van der Waals surface area (Å²) in [6.45, 7) is 0. The van der Waals surface area contributed by atoms with Crippen LogP contribution in [0.15, 0.2) is 30.3 Å². The molecule has 4 fully saturated rings. The molecule has 4 atom stereocenters. The van der Waals surface area contributed by atoms with E-state index in [2.05, 4.69) is 46.3 Å². The van der Waals surface area contributed by atoms with Gasteiger partial charge in [-0.05, 0) is 55.4 Å². The van der Waals surface area contributed by atoms with Crippen molar-refractivity contribution in [1.29, 1.82) is 0 Å². The number of rotatable bonds is 2. The minimum Gasteiger partial charge on any atom is -0.369 e. The van der Waals surface area contributed by atoms with Crippen LogP contribution >= 0.6 is 15.9 Å². The second kappa shape index (κ2) is 3.88. The summed E-state index contributed by atoms with van der Waals surface area (Å²) in [4.78, 5) is 12.2. The lowest BCUT2D eigenvalue weighted by Gasteiger charge is -2.64. The first-order valence-corrected chi connectivity index (χ1v) is 8.29. The number of hydrogen-bond acceptors (Lipinski definition) is 1. The van der Waals surface area contributed by atoms with Crippen molar-refractivity contribution in [2.45, 2.75) is 48.3 Å². The Morgan fingerprint density at radius 2 is 1.85 bits per heavy atom. The van der Waals surface area contributed by atoms with Gasteiger partial charge in [-0.15, -0.1) is 0 Å². The van der Waals surface area contributed by atoms with Crippen LogP contribution in [-0.4, -0.2) is 10.2 Å². The summed E-state index contributed by atoms with van der Waals surface area (Å²) in [5.41, 5.74) is 7.10. The van der Waals surface area contributed by atoms with Gasteiger partial charge in [0.25, 0.3) is 0 Å². The zero-order chi connectivity index (χ0) is 14.0. The highest BCUT2D eigenvalue weighted by Gasteiger charge is 2.64. The maximum Gasteiger partial charge on any atom is 0.223 e. The maximum atomic E-state index is 12.2. The largest absolute Gasteiger partial charge is 0.369 e. The summed E-state index contributed by atoms with van der Waals surface area (Å²) >= 11 is 3.99. The lowest BCUT2D eigenvalue weighted by atomic mass is 9.42. The number of hydrogen-bond donors (Lipinski definition) is 1. The number of carbonyl (C=O) groups is 1. The number of nitrogens with two attached hydrogens (primary N) is 1. The summed E-state index contributed by atoms with van der Waals surface area (Å²) in [6.07, 6.45) is 6.46. The zero-order valence-electron chi connectivity index (χ0n) is 11.6. The quantitative estimate of drug-likeness (QED) is 0.826. The summed E-state index contributed by atoms with van der Waals surface area (Å²) < 4.78 is 0.122. The summed E-state index contributed by atoms with van der Waals surface area (Å²) in [6, 6.07) is 10.8. The van der Waals surface area contributed by atoms with Crippen molar-refractivity contribution in [2.24, 2.45) is 17.1 Å². The lowest BCUT2D eigenvalue weighted by molar-refractivity contribution is -0.142. The molecule has 1 aromatic carbocycles. The van der Waals surface area contributed by atoms with Crippen molar-refractivity contribution in [3.05, 3.63) is 35.9 Å². The van der Waals surface area contributed by atoms with Gasteiger partial charge in [-0.25, -0.2) is 0 Å². The van der Waals surface area contributed by atoms with Gasteiger partial charge in [0, 0.05) is 4.32 Å². The molecule has 106 valence electrons. The highest BCUT2D eigenvalue weighted by atomic mass is 79.9. The van der Waals surface area contributed by atoms with Gasteiger partial charge < -0.3 is 5.73 Å². The lowest BCUT2D eigenvalue weighted by Crippen LogP contribution is -2.62. The molecule has 2 nitrogen and oxygen atoms in total. The average molecular weight is 334 g/mol. The third-order valence-electron chi connectivity index (χ3n) is 5.91. The first kappa shape index (κ1) is 12.9. The molecular formula is C17H20BrNO. The molecule has 4 aliphatic carbocycles. The Kier molecular flexibility index (Phi) is 2.50. The van der Waals surface area contributed by atoms with Crippen LogP contribution in [0.1, 0.15) is 44.1 Å². The monoisotopic (exact) mass is 333 g/mol. The molecule has 0 radical (unpaired) electrons. The second-order valence-corrected chi connectivity index (χ2v) is 9.13. The molecule has 4 unspecified atom stereocenters. The average Bonchev–Trinajstić information content (AvgIpc) is 2.37. The fourth-order valence-electron chi connectivity index (χ4n) is 5.71. The van der Waals surface area contributed by atoms with Gasteiger partial charge in [0.1, 0.15) is 0 Å². The van der Waals surface area contributed by atoms with E-state index in [0.717, 1.165) is 25.7 Å². The van der Waals surface area contributed by atoms with E-state index >= 15 is 0 Å². The molecule has 4 bridgehead atoms. The topological polar surface area (TPSA) is 43.1 Å². The third-order valence-corrected chi connectivity index (χ3v) is 6.79. The van der Waals surface area contributed by atoms with Gasteiger partial charge in [0.2, 0.25) is 5.91 Å². The van der Waals surface area contributed by atoms with Crippen molar-refractivity contribution in [2.75, 3.05) is 0 Å². The van der Waals surface area contributed by atoms with Crippen LogP contribution in [0.3, 0.4) is 0 Å². The SMILES string of the molecule is NC(=O)C12CC3CC(Br)(C1)CC(c1ccccc1)(C3)C2. The van der Waals surface area contributed by atoms with Crippen molar-refractivity contribution in [3.63, 3.8) is 0 Å². The Hall–Kier alpha value is -0.830. The normalized spacial score (nSPS) is 45.5. The fraction of sp³-hybridized carbons (Fsp3) is 0.588. The summed E-state index contributed by atoms with van der Waals surface area (Å²) in [5.74, 6) is 0.559. The van der Waals surface area contributed by atoms with E-state index in [0.29, 0.717) is 5.92 Å². The van der Waals surface area contributed by atoms with Crippen LogP contribution in [0, 0.1) is 11.3 Å². The highest BCUT2D eigenvalue weighted by molar-refractivity contribution is 9.10. The Morgan fingerprint density at radius 1 is 1.10 bits per heavy atom. The Morgan fingerprint density at radius 3 is 2.50 bits per heavy atom. The summed E-state index contributed by atoms with van der Waals surface area (Å²) in [5, 5.41) is 0. The second-order valence-electron chi connectivity index (χ2n) is 7.45. The number of benzene rings is 1. The van der Waals surface area contributed by atoms with Crippen LogP contribution in [0.5, 0.6) is 0 Å². The van der Waals surface area contributed by atoms with Gasteiger partial charge in [-0.1, -0.05) is 46.3 Å². The van der Waals surface area contributed by atoms with Crippen molar-refractivity contribution >= 4 is 21.8 Å². The molecule has 4 saturated carbocycles. The molecule has 0 saturated heterocycles. The minimum absolute atomic E-state index is 0.0780. The Balaban J connectivity index is 1.85. The zero-order valence-corrected chi connectivity index (χ0v) is 13.2. The van der Waals surface area contributed by atoms with Gasteiger partial charge in [0.15, 0.2) is 0 Å². The minimum atomic E-state index is -0.279. The van der Waals surface area contributed by atoms with E-state index in [-0.39, 0.29) is 21.1 Å². The molecule has 4 aliphatic rings. The van der Waals surface area contributed by atoms with Crippen LogP contribution in [0.2, 0.25) is 0 Å². The summed E-state index contributed by atoms with van der Waals surface area (Å²) in [7, 11) is 0. The number of halogens is 1. The molecule has 5 rings (SSSR count). The molecule has 0 spiro atoms. The highest BCUT2D eigenvalue weighted by Crippen LogP contribution is 2.69. The molecule has 3 heteroatoms. The van der Waals surface area contributed by atoms with Crippen molar-refractivity contribution < 1.29 is 4.79 Å². The van der Waals surface area contributed by atoms with Gasteiger partial charge in [-0.2, -0.15) is 0 Å². The first-order valence-electron chi connectivity index (χ1n) is 7.50. The molecule has 1 aromatic rings. The predicted molar refractivity (Wildman–Crippen MR) is 82.6 cm³/mol. The molecule has 2 N–H and O–H groups in total. The van der Waals surface area contributed by atoms with Gasteiger partial charge in [-0.3, -0.25) is 4.79 Å². The molecular weight excluding hydrogens is 314 g/mol. The molecule has 0 aliphatic heterocycles. The number of alkyl halides is 1. The van der Waals surface area contributed by atoms with Crippen LogP contribution < -0.4 is 5.73 Å². The van der Waals surface area contributed by atoms with Crippen molar-refractivity contribution in [3.8, 4) is 0 Å². The van der Waals surface area contributed by atoms with E-state index in [4.69, 9.17) is 5.73 Å². The van der Waals surface area contributed by atoms with Crippen molar-refractivity contribution in [1.82, 2.24) is 0 Å². The van der Waals surface area contributed by atoms with E-state index in [9.17, 15) is 4.79 Å². The molecule has 20 heavy (non-hydrogen) atoms. The predicted octanol–water partition coefficient (Wildman–Crippen LogP) is 3.53. The van der Waals surface area contributed by atoms with E-state index in [1.165, 1.54) is 18.4 Å². The smallest absolute Gasteiger partial charge is 0.223 e. The Labute approximate surface area is 128 Å². The van der Waals surface area contributed by atoms with E-state index < -0.39 is 0 Å². The molecule has 0 aromatic heterocycles. The number of carbonyl (C=O) groups excluding carboxylic acids is 1. The molecule has 0 heterocycles. The maximum absolute atomic E-state index is 12.2. The third kappa shape index (κ3) is 1.65. The number of amides is 1. The Bertz CT molecular complexity index is 574. The standard InChI is InChI=1S/C17H20BrNO/c18-17-8-12-6-15(10-17,13-4-2-1-3-5-13)9-16(7-12,11-17)14(19)20/h1-5,12H,6-11H2,(H2,19,20). The fourth-order valence-corrected chi connectivity index (χ4v) is 7.24. The van der Waals surface area contributed by atoms with Crippen LogP contribution in [-0.2, 0) is 10.2 Å². The van der Waals surface area contributed by atoms with E-state index in [1.807, 2.05) is 0 Å². The molecule has 1 amide bonds. The van der Waals surface area contributed by atoms with E-state index in [1.54, 1.807) is 0 Å². The van der Waals surface area contributed by atoms with Crippen LogP contribution in [0.4, 0.5) is 0 Å². The van der Waals surface area contributed by atoms with Gasteiger partial charge >= 0.3 is 0 Å². The van der Waals surface area contributed by atoms with Gasteiger partial charge in [0.05, 0.1) is 5.41 Å². The van der Waals surface area contributed by atoms with Crippen LogP contribution in [0.25, 0.3) is 0 Å².